The molecule has 0 atom stereocenters. The molecule has 0 saturated heterocycles. The van der Waals surface area contributed by atoms with Crippen LogP contribution in [0.4, 0.5) is 0 Å². The zero-order chi connectivity index (χ0) is 46.2. The summed E-state index contributed by atoms with van der Waals surface area (Å²) in [6.07, 6.45) is 0. The topological polar surface area (TPSA) is 14.8 Å². The van der Waals surface area contributed by atoms with Crippen LogP contribution in [0.15, 0.2) is 273 Å². The summed E-state index contributed by atoms with van der Waals surface area (Å²) < 4.78 is 7.51. The molecule has 328 valence electrons. The van der Waals surface area contributed by atoms with Crippen LogP contribution in [0.1, 0.15) is 0 Å². The van der Waals surface area contributed by atoms with Gasteiger partial charge in [-0.15, -0.1) is 0 Å². The number of rotatable bonds is 8. The van der Waals surface area contributed by atoms with Crippen molar-refractivity contribution in [1.29, 1.82) is 0 Å². The SMILES string of the molecule is c1ccc(-c2ccc3c4ccccc4n(-c4cccc5c6ccccc6n(-c6ccc7c8ccccc8n(-c8cccc([Si](c9ccccc9)(c9ccccc9)c9ccccc9)c8)c7c6)c45)c3c2)cc1. The summed E-state index contributed by atoms with van der Waals surface area (Å²) in [5.74, 6) is 0. The van der Waals surface area contributed by atoms with Crippen molar-refractivity contribution < 1.29 is 0 Å². The van der Waals surface area contributed by atoms with Gasteiger partial charge in [-0.25, -0.2) is 0 Å². The molecule has 0 fully saturated rings. The van der Waals surface area contributed by atoms with Crippen LogP contribution in [-0.4, -0.2) is 21.8 Å². The fraction of sp³-hybridized carbons (Fsp3) is 0. The Labute approximate surface area is 407 Å². The van der Waals surface area contributed by atoms with E-state index in [-0.39, 0.29) is 0 Å². The molecule has 0 aliphatic rings. The van der Waals surface area contributed by atoms with Crippen LogP contribution in [0.2, 0.25) is 0 Å². The molecule has 3 heterocycles. The molecule has 0 spiro atoms. The first-order valence-corrected chi connectivity index (χ1v) is 26.2. The molecule has 0 N–H and O–H groups in total. The third-order valence-electron chi connectivity index (χ3n) is 14.8. The summed E-state index contributed by atoms with van der Waals surface area (Å²) in [5, 5.41) is 12.8. The molecular weight excluding hydrogens is 863 g/mol. The second kappa shape index (κ2) is 16.1. The lowest BCUT2D eigenvalue weighted by Gasteiger charge is -2.34. The van der Waals surface area contributed by atoms with Crippen LogP contribution >= 0.6 is 0 Å². The van der Waals surface area contributed by atoms with Gasteiger partial charge in [-0.05, 0) is 86.5 Å². The maximum absolute atomic E-state index is 2.81. The molecule has 0 aliphatic heterocycles. The zero-order valence-corrected chi connectivity index (χ0v) is 39.3. The first-order chi connectivity index (χ1) is 34.8. The van der Waals surface area contributed by atoms with E-state index in [0.717, 1.165) is 22.6 Å². The van der Waals surface area contributed by atoms with Crippen molar-refractivity contribution >= 4 is 94.2 Å². The van der Waals surface area contributed by atoms with Gasteiger partial charge in [0.15, 0.2) is 8.07 Å². The van der Waals surface area contributed by atoms with Gasteiger partial charge in [-0.1, -0.05) is 218 Å². The first kappa shape index (κ1) is 40.1. The van der Waals surface area contributed by atoms with Crippen LogP contribution in [0.5, 0.6) is 0 Å². The predicted molar refractivity (Wildman–Crippen MR) is 299 cm³/mol. The van der Waals surface area contributed by atoms with Crippen LogP contribution in [0.3, 0.4) is 0 Å². The molecule has 0 unspecified atom stereocenters. The molecule has 4 heteroatoms. The Morgan fingerprint density at radius 3 is 1.27 bits per heavy atom. The summed E-state index contributed by atoms with van der Waals surface area (Å²) in [4.78, 5) is 0. The monoisotopic (exact) mass is 907 g/mol. The normalized spacial score (nSPS) is 12.0. The van der Waals surface area contributed by atoms with Gasteiger partial charge in [0.25, 0.3) is 0 Å². The Kier molecular flexibility index (Phi) is 9.23. The van der Waals surface area contributed by atoms with E-state index in [4.69, 9.17) is 0 Å². The van der Waals surface area contributed by atoms with Crippen molar-refractivity contribution in [3.8, 4) is 28.2 Å². The molecular formula is C66H45N3Si. The van der Waals surface area contributed by atoms with Crippen molar-refractivity contribution in [3.05, 3.63) is 273 Å². The molecule has 0 amide bonds. The standard InChI is InChI=1S/C66H45N3Si/c1-5-21-46(22-6-1)47-39-41-57-55-32-14-18-37-62(55)69(64(57)43-47)63-38-20-34-59-56-33-15-17-36-61(56)68(66(59)63)49-40-42-58-54-31-13-16-35-60(54)67(65(58)45-49)48-23-19-30-53(44-48)70(50-24-7-2-8-25-50,51-26-9-3-10-27-51)52-28-11-4-12-29-52/h1-45H. The fourth-order valence-corrected chi connectivity index (χ4v) is 16.6. The number of aromatic nitrogens is 3. The van der Waals surface area contributed by atoms with Gasteiger partial charge < -0.3 is 13.7 Å². The lowest BCUT2D eigenvalue weighted by Crippen LogP contribution is -2.74. The van der Waals surface area contributed by atoms with Crippen LogP contribution < -0.4 is 20.7 Å². The van der Waals surface area contributed by atoms with Gasteiger partial charge >= 0.3 is 0 Å². The largest absolute Gasteiger partial charge is 0.309 e. The molecule has 70 heavy (non-hydrogen) atoms. The number of benzene rings is 11. The molecule has 14 rings (SSSR count). The van der Waals surface area contributed by atoms with Crippen molar-refractivity contribution in [2.45, 2.75) is 0 Å². The average Bonchev–Trinajstić information content (AvgIpc) is 4.08. The van der Waals surface area contributed by atoms with Gasteiger partial charge in [0, 0.05) is 43.7 Å². The minimum atomic E-state index is -2.81. The first-order valence-electron chi connectivity index (χ1n) is 24.2. The van der Waals surface area contributed by atoms with E-state index in [9.17, 15) is 0 Å². The molecule has 0 radical (unpaired) electrons. The van der Waals surface area contributed by atoms with E-state index < -0.39 is 8.07 Å². The Bertz CT molecular complexity index is 4180. The molecule has 14 aromatic rings. The van der Waals surface area contributed by atoms with Gasteiger partial charge in [0.1, 0.15) is 0 Å². The maximum atomic E-state index is 2.51. The Morgan fingerprint density at radius 2 is 0.657 bits per heavy atom. The molecule has 3 nitrogen and oxygen atoms in total. The second-order valence-electron chi connectivity index (χ2n) is 18.4. The number of hydrogen-bond donors (Lipinski definition) is 0. The lowest BCUT2D eigenvalue weighted by atomic mass is 10.0. The minimum absolute atomic E-state index is 1.11. The van der Waals surface area contributed by atoms with E-state index in [1.165, 1.54) is 91.8 Å². The fourth-order valence-electron chi connectivity index (χ4n) is 11.8. The second-order valence-corrected chi connectivity index (χ2v) is 22.2. The van der Waals surface area contributed by atoms with Crippen molar-refractivity contribution in [1.82, 2.24) is 13.7 Å². The Morgan fingerprint density at radius 1 is 0.229 bits per heavy atom. The van der Waals surface area contributed by atoms with Gasteiger partial charge in [-0.3, -0.25) is 0 Å². The molecule has 0 bridgehead atoms. The minimum Gasteiger partial charge on any atom is -0.309 e. The highest BCUT2D eigenvalue weighted by Gasteiger charge is 2.41. The van der Waals surface area contributed by atoms with Crippen molar-refractivity contribution in [2.24, 2.45) is 0 Å². The third-order valence-corrected chi connectivity index (χ3v) is 19.5. The van der Waals surface area contributed by atoms with Crippen LogP contribution in [-0.2, 0) is 0 Å². The Hall–Kier alpha value is -8.96. The van der Waals surface area contributed by atoms with E-state index in [1.54, 1.807) is 0 Å². The zero-order valence-electron chi connectivity index (χ0n) is 38.3. The Balaban J connectivity index is 1.04. The average molecular weight is 908 g/mol. The number of para-hydroxylation sites is 4. The van der Waals surface area contributed by atoms with Crippen LogP contribution in [0, 0.1) is 0 Å². The molecule has 0 aliphatic carbocycles. The summed E-state index contributed by atoms with van der Waals surface area (Å²) in [6.45, 7) is 0. The smallest absolute Gasteiger partial charge is 0.179 e. The predicted octanol–water partition coefficient (Wildman–Crippen LogP) is 14.0. The van der Waals surface area contributed by atoms with Gasteiger partial charge in [0.05, 0.1) is 38.8 Å². The highest BCUT2D eigenvalue weighted by Crippen LogP contribution is 2.42. The highest BCUT2D eigenvalue weighted by atomic mass is 28.3. The number of nitrogens with zero attached hydrogens (tertiary/aromatic N) is 3. The van der Waals surface area contributed by atoms with Gasteiger partial charge in [-0.2, -0.15) is 0 Å². The molecule has 3 aromatic heterocycles. The van der Waals surface area contributed by atoms with E-state index >= 15 is 0 Å². The number of fused-ring (bicyclic) bond motifs is 9. The van der Waals surface area contributed by atoms with E-state index in [2.05, 4.69) is 287 Å². The van der Waals surface area contributed by atoms with E-state index in [1.807, 2.05) is 0 Å². The lowest BCUT2D eigenvalue weighted by molar-refractivity contribution is 1.13. The summed E-state index contributed by atoms with van der Waals surface area (Å²) in [5.41, 5.74) is 12.8. The summed E-state index contributed by atoms with van der Waals surface area (Å²) in [7, 11) is -2.81. The third kappa shape index (κ3) is 6.00. The molecule has 0 saturated carbocycles. The quantitative estimate of drug-likeness (QED) is 0.107. The molecule has 11 aromatic carbocycles. The van der Waals surface area contributed by atoms with Crippen molar-refractivity contribution in [2.75, 3.05) is 0 Å². The maximum Gasteiger partial charge on any atom is 0.179 e. The van der Waals surface area contributed by atoms with Gasteiger partial charge in [0.2, 0.25) is 0 Å². The van der Waals surface area contributed by atoms with E-state index in [0.29, 0.717) is 0 Å². The number of hydrogen-bond acceptors (Lipinski definition) is 0. The summed E-state index contributed by atoms with van der Waals surface area (Å²) in [6, 6.07) is 101. The highest BCUT2D eigenvalue weighted by molar-refractivity contribution is 7.19. The van der Waals surface area contributed by atoms with Crippen LogP contribution in [0.25, 0.3) is 93.6 Å². The van der Waals surface area contributed by atoms with Crippen molar-refractivity contribution in [3.63, 3.8) is 0 Å². The summed E-state index contributed by atoms with van der Waals surface area (Å²) >= 11 is 0.